The third-order valence-corrected chi connectivity index (χ3v) is 4.01. The van der Waals surface area contributed by atoms with E-state index in [2.05, 4.69) is 15.5 Å². The predicted molar refractivity (Wildman–Crippen MR) is 96.0 cm³/mol. The summed E-state index contributed by atoms with van der Waals surface area (Å²) in [6.07, 6.45) is 1.47. The molecule has 0 aliphatic rings. The topological polar surface area (TPSA) is 70.9 Å². The number of aromatic nitrogens is 2. The number of anilines is 1. The van der Waals surface area contributed by atoms with Crippen molar-refractivity contribution in [1.82, 2.24) is 10.2 Å². The average molecular weight is 365 g/mol. The minimum absolute atomic E-state index is 0.267. The third kappa shape index (κ3) is 3.10. The van der Waals surface area contributed by atoms with Gasteiger partial charge in [-0.2, -0.15) is 5.10 Å². The summed E-state index contributed by atoms with van der Waals surface area (Å²) in [6.45, 7) is 0. The number of H-pyrrole nitrogens is 1. The van der Waals surface area contributed by atoms with Crippen LogP contribution in [0.1, 0.15) is 10.4 Å². The van der Waals surface area contributed by atoms with Crippen LogP contribution in [-0.2, 0) is 0 Å². The fourth-order valence-electron chi connectivity index (χ4n) is 2.76. The SMILES string of the molecule is O=C(Nc1c(-c2ccccc2)n[nH]c1-c1ccco1)c1c(F)cccc1F. The maximum atomic E-state index is 14.0. The fourth-order valence-corrected chi connectivity index (χ4v) is 2.76. The molecule has 27 heavy (non-hydrogen) atoms. The van der Waals surface area contributed by atoms with Gasteiger partial charge in [0.1, 0.15) is 28.6 Å². The Labute approximate surface area is 152 Å². The first-order valence-corrected chi connectivity index (χ1v) is 8.08. The van der Waals surface area contributed by atoms with Crippen LogP contribution in [0.2, 0.25) is 0 Å². The van der Waals surface area contributed by atoms with Crippen molar-refractivity contribution in [3.05, 3.63) is 84.1 Å². The molecule has 0 radical (unpaired) electrons. The molecule has 7 heteroatoms. The maximum absolute atomic E-state index is 14.0. The van der Waals surface area contributed by atoms with Crippen LogP contribution in [0, 0.1) is 11.6 Å². The molecular formula is C20H13F2N3O2. The highest BCUT2D eigenvalue weighted by Crippen LogP contribution is 2.35. The van der Waals surface area contributed by atoms with Crippen molar-refractivity contribution < 1.29 is 18.0 Å². The molecule has 4 aromatic rings. The van der Waals surface area contributed by atoms with Crippen molar-refractivity contribution in [2.75, 3.05) is 5.32 Å². The molecule has 0 spiro atoms. The van der Waals surface area contributed by atoms with Gasteiger partial charge in [-0.15, -0.1) is 0 Å². The Morgan fingerprint density at radius 3 is 2.37 bits per heavy atom. The van der Waals surface area contributed by atoms with Crippen LogP contribution in [0.5, 0.6) is 0 Å². The van der Waals surface area contributed by atoms with Crippen molar-refractivity contribution in [2.45, 2.75) is 0 Å². The summed E-state index contributed by atoms with van der Waals surface area (Å²) in [5.41, 5.74) is 1.14. The van der Waals surface area contributed by atoms with E-state index in [1.54, 1.807) is 24.3 Å². The zero-order valence-electron chi connectivity index (χ0n) is 13.9. The standard InChI is InChI=1S/C20H13F2N3O2/c21-13-8-4-9-14(22)16(13)20(26)23-19-17(12-6-2-1-3-7-12)24-25-18(19)15-10-5-11-27-15/h1-11H,(H,23,26)(H,24,25). The number of nitrogens with zero attached hydrogens (tertiary/aromatic N) is 1. The molecule has 2 heterocycles. The van der Waals surface area contributed by atoms with Crippen LogP contribution in [0.3, 0.4) is 0 Å². The molecule has 1 amide bonds. The van der Waals surface area contributed by atoms with E-state index < -0.39 is 23.1 Å². The van der Waals surface area contributed by atoms with Crippen LogP contribution in [-0.4, -0.2) is 16.1 Å². The molecule has 4 rings (SSSR count). The van der Waals surface area contributed by atoms with Gasteiger partial charge in [0.15, 0.2) is 5.76 Å². The highest BCUT2D eigenvalue weighted by Gasteiger charge is 2.23. The number of hydrogen-bond donors (Lipinski definition) is 2. The van der Waals surface area contributed by atoms with Crippen LogP contribution in [0.15, 0.2) is 71.3 Å². The third-order valence-electron chi connectivity index (χ3n) is 4.01. The van der Waals surface area contributed by atoms with Crippen LogP contribution < -0.4 is 5.32 Å². The summed E-state index contributed by atoms with van der Waals surface area (Å²) in [5, 5.41) is 9.63. The van der Waals surface area contributed by atoms with Crippen molar-refractivity contribution in [1.29, 1.82) is 0 Å². The van der Waals surface area contributed by atoms with E-state index in [1.807, 2.05) is 18.2 Å². The predicted octanol–water partition coefficient (Wildman–Crippen LogP) is 4.87. The molecule has 134 valence electrons. The van der Waals surface area contributed by atoms with Gasteiger partial charge in [0.25, 0.3) is 5.91 Å². The number of rotatable bonds is 4. The molecule has 0 aliphatic carbocycles. The van der Waals surface area contributed by atoms with Gasteiger partial charge >= 0.3 is 0 Å². The summed E-state index contributed by atoms with van der Waals surface area (Å²) >= 11 is 0. The smallest absolute Gasteiger partial charge is 0.261 e. The number of hydrogen-bond acceptors (Lipinski definition) is 3. The van der Waals surface area contributed by atoms with E-state index in [-0.39, 0.29) is 5.69 Å². The van der Waals surface area contributed by atoms with Crippen LogP contribution in [0.4, 0.5) is 14.5 Å². The molecule has 2 aromatic heterocycles. The average Bonchev–Trinajstić information content (AvgIpc) is 3.32. The van der Waals surface area contributed by atoms with E-state index in [9.17, 15) is 13.6 Å². The van der Waals surface area contributed by atoms with Gasteiger partial charge in [0, 0.05) is 5.56 Å². The van der Waals surface area contributed by atoms with Crippen molar-refractivity contribution in [3.8, 4) is 22.7 Å². The van der Waals surface area contributed by atoms with E-state index in [0.717, 1.165) is 17.7 Å². The van der Waals surface area contributed by atoms with Gasteiger partial charge in [-0.05, 0) is 24.3 Å². The van der Waals surface area contributed by atoms with E-state index in [4.69, 9.17) is 4.42 Å². The van der Waals surface area contributed by atoms with E-state index >= 15 is 0 Å². The van der Waals surface area contributed by atoms with Gasteiger partial charge in [-0.3, -0.25) is 9.89 Å². The lowest BCUT2D eigenvalue weighted by Gasteiger charge is -2.09. The van der Waals surface area contributed by atoms with Gasteiger partial charge < -0.3 is 9.73 Å². The first-order valence-electron chi connectivity index (χ1n) is 8.08. The summed E-state index contributed by atoms with van der Waals surface area (Å²) in [6, 6.07) is 15.7. The second kappa shape index (κ2) is 6.87. The normalized spacial score (nSPS) is 10.7. The monoisotopic (exact) mass is 365 g/mol. The van der Waals surface area contributed by atoms with Crippen LogP contribution in [0.25, 0.3) is 22.7 Å². The molecule has 0 fully saturated rings. The number of carbonyl (C=O) groups is 1. The minimum Gasteiger partial charge on any atom is -0.463 e. The Kier molecular flexibility index (Phi) is 4.25. The Morgan fingerprint density at radius 2 is 1.70 bits per heavy atom. The number of furan rings is 1. The Morgan fingerprint density at radius 1 is 0.963 bits per heavy atom. The van der Waals surface area contributed by atoms with Gasteiger partial charge in [0.2, 0.25) is 0 Å². The number of aromatic amines is 1. The summed E-state index contributed by atoms with van der Waals surface area (Å²) in [4.78, 5) is 12.6. The Balaban J connectivity index is 1.81. The molecule has 0 unspecified atom stereocenters. The zero-order chi connectivity index (χ0) is 18.8. The molecule has 0 saturated carbocycles. The molecule has 0 bridgehead atoms. The lowest BCUT2D eigenvalue weighted by Crippen LogP contribution is -2.16. The van der Waals surface area contributed by atoms with Crippen molar-refractivity contribution in [2.24, 2.45) is 0 Å². The highest BCUT2D eigenvalue weighted by molar-refractivity contribution is 6.08. The molecule has 2 N–H and O–H groups in total. The summed E-state index contributed by atoms with van der Waals surface area (Å²) in [7, 11) is 0. The molecule has 0 aliphatic heterocycles. The first-order chi connectivity index (χ1) is 13.1. The quantitative estimate of drug-likeness (QED) is 0.542. The number of benzene rings is 2. The molecule has 0 saturated heterocycles. The van der Waals surface area contributed by atoms with Gasteiger partial charge in [-0.1, -0.05) is 36.4 Å². The largest absolute Gasteiger partial charge is 0.463 e. The number of nitrogens with one attached hydrogen (secondary N) is 2. The molecule has 5 nitrogen and oxygen atoms in total. The molecular weight excluding hydrogens is 352 g/mol. The second-order valence-corrected chi connectivity index (χ2v) is 5.72. The molecule has 2 aromatic carbocycles. The Hall–Kier alpha value is -3.74. The number of halogens is 2. The lowest BCUT2D eigenvalue weighted by atomic mass is 10.1. The van der Waals surface area contributed by atoms with Gasteiger partial charge in [-0.25, -0.2) is 8.78 Å². The Bertz CT molecular complexity index is 1070. The number of amides is 1. The molecule has 0 atom stereocenters. The summed E-state index contributed by atoms with van der Waals surface area (Å²) < 4.78 is 33.3. The maximum Gasteiger partial charge on any atom is 0.261 e. The summed E-state index contributed by atoms with van der Waals surface area (Å²) in [5.74, 6) is -2.39. The minimum atomic E-state index is -0.947. The van der Waals surface area contributed by atoms with Gasteiger partial charge in [0.05, 0.1) is 12.0 Å². The zero-order valence-corrected chi connectivity index (χ0v) is 13.9. The highest BCUT2D eigenvalue weighted by atomic mass is 19.1. The van der Waals surface area contributed by atoms with Crippen LogP contribution >= 0.6 is 0 Å². The lowest BCUT2D eigenvalue weighted by molar-refractivity contribution is 0.101. The van der Waals surface area contributed by atoms with Crippen molar-refractivity contribution in [3.63, 3.8) is 0 Å². The number of carbonyl (C=O) groups excluding carboxylic acids is 1. The van der Waals surface area contributed by atoms with E-state index in [1.165, 1.54) is 12.3 Å². The van der Waals surface area contributed by atoms with E-state index in [0.29, 0.717) is 17.1 Å². The second-order valence-electron chi connectivity index (χ2n) is 5.72. The first kappa shape index (κ1) is 16.7. The van der Waals surface area contributed by atoms with Crippen molar-refractivity contribution >= 4 is 11.6 Å². The fraction of sp³-hybridized carbons (Fsp3) is 0.